The Kier molecular flexibility index (Phi) is 6.40. The van der Waals surface area contributed by atoms with Gasteiger partial charge in [-0.2, -0.15) is 0 Å². The van der Waals surface area contributed by atoms with Gasteiger partial charge in [-0.25, -0.2) is 8.78 Å². The van der Waals surface area contributed by atoms with E-state index in [0.29, 0.717) is 19.4 Å². The Morgan fingerprint density at radius 1 is 1.46 bits per heavy atom. The SMILES string of the molecule is CN(C)C(=O)CCCNCC(F)F. The van der Waals surface area contributed by atoms with Gasteiger partial charge < -0.3 is 10.2 Å². The molecule has 13 heavy (non-hydrogen) atoms. The average molecular weight is 194 g/mol. The number of nitrogens with zero attached hydrogens (tertiary/aromatic N) is 1. The molecule has 0 aliphatic heterocycles. The van der Waals surface area contributed by atoms with Crippen LogP contribution in [0.3, 0.4) is 0 Å². The highest BCUT2D eigenvalue weighted by Gasteiger charge is 2.03. The van der Waals surface area contributed by atoms with Gasteiger partial charge in [-0.05, 0) is 13.0 Å². The molecule has 3 nitrogen and oxygen atoms in total. The Balaban J connectivity index is 3.21. The molecule has 78 valence electrons. The fourth-order valence-corrected chi connectivity index (χ4v) is 0.799. The number of alkyl halides is 2. The predicted octanol–water partition coefficient (Wildman–Crippen LogP) is 0.709. The number of carbonyl (C=O) groups is 1. The Bertz CT molecular complexity index is 151. The lowest BCUT2D eigenvalue weighted by atomic mass is 10.3. The molecule has 0 aromatic heterocycles. The summed E-state index contributed by atoms with van der Waals surface area (Å²) in [4.78, 5) is 12.5. The lowest BCUT2D eigenvalue weighted by Crippen LogP contribution is -2.25. The molecule has 0 rings (SSSR count). The molecule has 1 amide bonds. The summed E-state index contributed by atoms with van der Waals surface area (Å²) in [6, 6.07) is 0. The van der Waals surface area contributed by atoms with Crippen molar-refractivity contribution < 1.29 is 13.6 Å². The maximum absolute atomic E-state index is 11.6. The summed E-state index contributed by atoms with van der Waals surface area (Å²) in [5, 5.41) is 2.56. The first-order valence-electron chi connectivity index (χ1n) is 4.23. The zero-order valence-corrected chi connectivity index (χ0v) is 8.02. The standard InChI is InChI=1S/C8H16F2N2O/c1-12(2)8(13)4-3-5-11-6-7(9)10/h7,11H,3-6H2,1-2H3. The highest BCUT2D eigenvalue weighted by molar-refractivity contribution is 5.75. The van der Waals surface area contributed by atoms with Crippen LogP contribution in [0.25, 0.3) is 0 Å². The number of rotatable bonds is 6. The molecular weight excluding hydrogens is 178 g/mol. The van der Waals surface area contributed by atoms with Crippen LogP contribution in [-0.2, 0) is 4.79 Å². The number of nitrogens with one attached hydrogen (secondary N) is 1. The maximum Gasteiger partial charge on any atom is 0.250 e. The van der Waals surface area contributed by atoms with Crippen LogP contribution in [0.15, 0.2) is 0 Å². The summed E-state index contributed by atoms with van der Waals surface area (Å²) in [5.74, 6) is 0.0267. The van der Waals surface area contributed by atoms with E-state index in [9.17, 15) is 13.6 Å². The largest absolute Gasteiger partial charge is 0.349 e. The van der Waals surface area contributed by atoms with Crippen molar-refractivity contribution in [2.75, 3.05) is 27.2 Å². The van der Waals surface area contributed by atoms with Gasteiger partial charge in [0.1, 0.15) is 0 Å². The minimum atomic E-state index is -2.32. The molecule has 0 atom stereocenters. The number of hydrogen-bond acceptors (Lipinski definition) is 2. The first kappa shape index (κ1) is 12.3. The molecule has 0 bridgehead atoms. The van der Waals surface area contributed by atoms with E-state index in [1.165, 1.54) is 4.90 Å². The van der Waals surface area contributed by atoms with Gasteiger partial charge in [0.25, 0.3) is 6.43 Å². The van der Waals surface area contributed by atoms with Crippen LogP contribution < -0.4 is 5.32 Å². The van der Waals surface area contributed by atoms with Crippen LogP contribution in [0.4, 0.5) is 8.78 Å². The Morgan fingerprint density at radius 2 is 2.08 bits per heavy atom. The third kappa shape index (κ3) is 7.64. The number of amides is 1. The van der Waals surface area contributed by atoms with Crippen molar-refractivity contribution in [1.29, 1.82) is 0 Å². The number of halogens is 2. The average Bonchev–Trinajstić information content (AvgIpc) is 2.02. The summed E-state index contributed by atoms with van der Waals surface area (Å²) in [6.45, 7) is 0.167. The summed E-state index contributed by atoms with van der Waals surface area (Å²) in [6.07, 6.45) is -1.31. The van der Waals surface area contributed by atoms with Crippen molar-refractivity contribution in [3.8, 4) is 0 Å². The normalized spacial score (nSPS) is 10.5. The van der Waals surface area contributed by atoms with Crippen molar-refractivity contribution in [3.63, 3.8) is 0 Å². The van der Waals surface area contributed by atoms with Gasteiger partial charge in [0.15, 0.2) is 0 Å². The molecule has 0 unspecified atom stereocenters. The van der Waals surface area contributed by atoms with Gasteiger partial charge in [-0.15, -0.1) is 0 Å². The second-order valence-electron chi connectivity index (χ2n) is 2.99. The van der Waals surface area contributed by atoms with Crippen LogP contribution in [0.5, 0.6) is 0 Å². The lowest BCUT2D eigenvalue weighted by Gasteiger charge is -2.09. The highest BCUT2D eigenvalue weighted by Crippen LogP contribution is 1.93. The van der Waals surface area contributed by atoms with E-state index in [1.54, 1.807) is 14.1 Å². The van der Waals surface area contributed by atoms with Crippen molar-refractivity contribution in [3.05, 3.63) is 0 Å². The highest BCUT2D eigenvalue weighted by atomic mass is 19.3. The second kappa shape index (κ2) is 6.77. The van der Waals surface area contributed by atoms with Gasteiger partial charge in [-0.3, -0.25) is 4.79 Å². The molecule has 1 N–H and O–H groups in total. The number of carbonyl (C=O) groups excluding carboxylic acids is 1. The molecule has 0 fully saturated rings. The predicted molar refractivity (Wildman–Crippen MR) is 46.8 cm³/mol. The first-order chi connectivity index (χ1) is 6.04. The summed E-state index contributed by atoms with van der Waals surface area (Å²) in [7, 11) is 3.35. The third-order valence-corrected chi connectivity index (χ3v) is 1.54. The van der Waals surface area contributed by atoms with Crippen molar-refractivity contribution in [1.82, 2.24) is 10.2 Å². The molecule has 0 spiro atoms. The Labute approximate surface area is 77.1 Å². The zero-order chi connectivity index (χ0) is 10.3. The second-order valence-corrected chi connectivity index (χ2v) is 2.99. The smallest absolute Gasteiger partial charge is 0.250 e. The minimum Gasteiger partial charge on any atom is -0.349 e. The van der Waals surface area contributed by atoms with E-state index in [-0.39, 0.29) is 12.5 Å². The Hall–Kier alpha value is -0.710. The molecule has 0 saturated heterocycles. The minimum absolute atomic E-state index is 0.0267. The van der Waals surface area contributed by atoms with E-state index in [0.717, 1.165) is 0 Å². The fourth-order valence-electron chi connectivity index (χ4n) is 0.799. The van der Waals surface area contributed by atoms with Crippen LogP contribution in [-0.4, -0.2) is 44.4 Å². The van der Waals surface area contributed by atoms with Crippen LogP contribution in [0, 0.1) is 0 Å². The van der Waals surface area contributed by atoms with Gasteiger partial charge in [0.2, 0.25) is 5.91 Å². The van der Waals surface area contributed by atoms with E-state index >= 15 is 0 Å². The molecule has 0 saturated carbocycles. The van der Waals surface area contributed by atoms with Crippen molar-refractivity contribution in [2.45, 2.75) is 19.3 Å². The van der Waals surface area contributed by atoms with E-state index in [2.05, 4.69) is 5.32 Å². The van der Waals surface area contributed by atoms with Crippen molar-refractivity contribution in [2.24, 2.45) is 0 Å². The van der Waals surface area contributed by atoms with E-state index in [1.807, 2.05) is 0 Å². The zero-order valence-electron chi connectivity index (χ0n) is 8.02. The molecule has 0 radical (unpaired) electrons. The van der Waals surface area contributed by atoms with Gasteiger partial charge in [0.05, 0.1) is 6.54 Å². The van der Waals surface area contributed by atoms with Gasteiger partial charge >= 0.3 is 0 Å². The van der Waals surface area contributed by atoms with Crippen LogP contribution in [0.2, 0.25) is 0 Å². The molecule has 0 aromatic rings. The molecule has 0 aliphatic carbocycles. The van der Waals surface area contributed by atoms with E-state index < -0.39 is 6.43 Å². The summed E-state index contributed by atoms with van der Waals surface area (Å²) in [5.41, 5.74) is 0. The molecule has 0 heterocycles. The quantitative estimate of drug-likeness (QED) is 0.631. The van der Waals surface area contributed by atoms with Gasteiger partial charge in [0, 0.05) is 20.5 Å². The maximum atomic E-state index is 11.6. The molecule has 5 heteroatoms. The monoisotopic (exact) mass is 194 g/mol. The van der Waals surface area contributed by atoms with Crippen molar-refractivity contribution >= 4 is 5.91 Å². The topological polar surface area (TPSA) is 32.3 Å². The summed E-state index contributed by atoms with van der Waals surface area (Å²) < 4.78 is 23.2. The summed E-state index contributed by atoms with van der Waals surface area (Å²) >= 11 is 0. The molecule has 0 aromatic carbocycles. The van der Waals surface area contributed by atoms with Crippen LogP contribution in [0.1, 0.15) is 12.8 Å². The van der Waals surface area contributed by atoms with Gasteiger partial charge in [-0.1, -0.05) is 0 Å². The van der Waals surface area contributed by atoms with Crippen LogP contribution >= 0.6 is 0 Å². The fraction of sp³-hybridized carbons (Fsp3) is 0.875. The number of hydrogen-bond donors (Lipinski definition) is 1. The first-order valence-corrected chi connectivity index (χ1v) is 4.23. The molecular formula is C8H16F2N2O. The molecule has 0 aliphatic rings. The van der Waals surface area contributed by atoms with E-state index in [4.69, 9.17) is 0 Å². The lowest BCUT2D eigenvalue weighted by molar-refractivity contribution is -0.128. The third-order valence-electron chi connectivity index (χ3n) is 1.54. The Morgan fingerprint density at radius 3 is 2.54 bits per heavy atom.